The van der Waals surface area contributed by atoms with Gasteiger partial charge in [0, 0.05) is 35.4 Å². The molecule has 1 N–H and O–H groups in total. The Morgan fingerprint density at radius 3 is 3.05 bits per heavy atom. The topological polar surface area (TPSA) is 55.1 Å². The first-order chi connectivity index (χ1) is 9.72. The van der Waals surface area contributed by atoms with E-state index in [4.69, 9.17) is 11.6 Å². The molecule has 0 saturated heterocycles. The van der Waals surface area contributed by atoms with Gasteiger partial charge in [-0.3, -0.25) is 15.1 Å². The highest BCUT2D eigenvalue weighted by atomic mass is 35.5. The van der Waals surface area contributed by atoms with Crippen LogP contribution in [0.25, 0.3) is 10.9 Å². The Kier molecular flexibility index (Phi) is 3.35. The molecule has 0 aliphatic carbocycles. The average Bonchev–Trinajstić information content (AvgIpc) is 2.84. The first-order valence-electron chi connectivity index (χ1n) is 6.04. The standard InChI is InChI=1S/C14H12ClN5/c1-20-9-10(8-18-20)7-17-19-13-4-5-16-14-6-11(15)2-3-12(13)14/h2-9H,1H3,(H,16,19)/b17-7-. The molecular weight excluding hydrogens is 274 g/mol. The summed E-state index contributed by atoms with van der Waals surface area (Å²) >= 11 is 5.96. The van der Waals surface area contributed by atoms with E-state index in [9.17, 15) is 0 Å². The van der Waals surface area contributed by atoms with E-state index in [1.54, 1.807) is 23.3 Å². The van der Waals surface area contributed by atoms with Gasteiger partial charge < -0.3 is 0 Å². The van der Waals surface area contributed by atoms with E-state index in [2.05, 4.69) is 20.6 Å². The number of anilines is 1. The predicted molar refractivity (Wildman–Crippen MR) is 81.2 cm³/mol. The minimum absolute atomic E-state index is 0.668. The first kappa shape index (κ1) is 12.6. The molecule has 0 amide bonds. The number of hydrogen-bond acceptors (Lipinski definition) is 4. The van der Waals surface area contributed by atoms with Crippen LogP contribution in [0.3, 0.4) is 0 Å². The molecule has 0 unspecified atom stereocenters. The Hall–Kier alpha value is -2.40. The third kappa shape index (κ3) is 2.62. The van der Waals surface area contributed by atoms with Crippen LogP contribution in [0.4, 0.5) is 5.69 Å². The number of aromatic nitrogens is 3. The summed E-state index contributed by atoms with van der Waals surface area (Å²) in [5.41, 5.74) is 5.66. The van der Waals surface area contributed by atoms with Gasteiger partial charge in [0.15, 0.2) is 0 Å². The highest BCUT2D eigenvalue weighted by molar-refractivity contribution is 6.31. The van der Waals surface area contributed by atoms with Crippen LogP contribution in [0.15, 0.2) is 48.0 Å². The number of pyridine rings is 1. The van der Waals surface area contributed by atoms with Gasteiger partial charge in [-0.1, -0.05) is 11.6 Å². The minimum Gasteiger partial charge on any atom is -0.278 e. The Bertz CT molecular complexity index is 778. The number of halogens is 1. The van der Waals surface area contributed by atoms with Gasteiger partial charge in [-0.05, 0) is 24.3 Å². The molecule has 6 heteroatoms. The van der Waals surface area contributed by atoms with E-state index in [-0.39, 0.29) is 0 Å². The fourth-order valence-electron chi connectivity index (χ4n) is 1.90. The molecule has 1 aromatic carbocycles. The maximum absolute atomic E-state index is 5.96. The van der Waals surface area contributed by atoms with Crippen molar-refractivity contribution in [3.8, 4) is 0 Å². The SMILES string of the molecule is Cn1cc(/C=N\Nc2ccnc3cc(Cl)ccc23)cn1. The molecule has 0 atom stereocenters. The second-order valence-corrected chi connectivity index (χ2v) is 4.77. The van der Waals surface area contributed by atoms with Gasteiger partial charge in [-0.2, -0.15) is 10.2 Å². The molecule has 0 spiro atoms. The second kappa shape index (κ2) is 5.30. The van der Waals surface area contributed by atoms with E-state index in [0.717, 1.165) is 22.2 Å². The number of aryl methyl sites for hydroxylation is 1. The molecule has 0 aliphatic heterocycles. The number of nitrogens with one attached hydrogen (secondary N) is 1. The molecule has 2 heterocycles. The van der Waals surface area contributed by atoms with Crippen LogP contribution in [-0.2, 0) is 7.05 Å². The minimum atomic E-state index is 0.668. The molecular formula is C14H12ClN5. The number of rotatable bonds is 3. The fraction of sp³-hybridized carbons (Fsp3) is 0.0714. The maximum atomic E-state index is 5.96. The Labute approximate surface area is 120 Å². The summed E-state index contributed by atoms with van der Waals surface area (Å²) in [7, 11) is 1.87. The Morgan fingerprint density at radius 1 is 1.35 bits per heavy atom. The van der Waals surface area contributed by atoms with E-state index >= 15 is 0 Å². The van der Waals surface area contributed by atoms with Gasteiger partial charge in [-0.15, -0.1) is 0 Å². The zero-order valence-electron chi connectivity index (χ0n) is 10.8. The van der Waals surface area contributed by atoms with Crippen molar-refractivity contribution in [1.82, 2.24) is 14.8 Å². The number of benzene rings is 1. The van der Waals surface area contributed by atoms with Crippen LogP contribution in [0.5, 0.6) is 0 Å². The van der Waals surface area contributed by atoms with Gasteiger partial charge in [0.2, 0.25) is 0 Å². The second-order valence-electron chi connectivity index (χ2n) is 4.34. The lowest BCUT2D eigenvalue weighted by Gasteiger charge is -2.04. The average molecular weight is 286 g/mol. The van der Waals surface area contributed by atoms with Crippen molar-refractivity contribution in [2.24, 2.45) is 12.1 Å². The van der Waals surface area contributed by atoms with Gasteiger partial charge in [0.05, 0.1) is 23.6 Å². The highest BCUT2D eigenvalue weighted by Crippen LogP contribution is 2.24. The van der Waals surface area contributed by atoms with Crippen molar-refractivity contribution in [2.75, 3.05) is 5.43 Å². The largest absolute Gasteiger partial charge is 0.278 e. The smallest absolute Gasteiger partial charge is 0.0738 e. The lowest BCUT2D eigenvalue weighted by atomic mass is 10.2. The lowest BCUT2D eigenvalue weighted by molar-refractivity contribution is 0.767. The molecule has 0 bridgehead atoms. The van der Waals surface area contributed by atoms with Crippen molar-refractivity contribution >= 4 is 34.4 Å². The number of nitrogens with zero attached hydrogens (tertiary/aromatic N) is 4. The third-order valence-electron chi connectivity index (χ3n) is 2.83. The van der Waals surface area contributed by atoms with Crippen LogP contribution in [0.2, 0.25) is 5.02 Å². The van der Waals surface area contributed by atoms with Crippen molar-refractivity contribution in [2.45, 2.75) is 0 Å². The summed E-state index contributed by atoms with van der Waals surface area (Å²) in [6.45, 7) is 0. The van der Waals surface area contributed by atoms with Crippen LogP contribution in [0.1, 0.15) is 5.56 Å². The highest BCUT2D eigenvalue weighted by Gasteiger charge is 2.01. The third-order valence-corrected chi connectivity index (χ3v) is 3.06. The van der Waals surface area contributed by atoms with E-state index in [1.165, 1.54) is 0 Å². The Balaban J connectivity index is 1.86. The number of hydrazone groups is 1. The van der Waals surface area contributed by atoms with Gasteiger partial charge >= 0.3 is 0 Å². The molecule has 20 heavy (non-hydrogen) atoms. The van der Waals surface area contributed by atoms with Gasteiger partial charge in [-0.25, -0.2) is 0 Å². The quantitative estimate of drug-likeness (QED) is 0.594. The Morgan fingerprint density at radius 2 is 2.25 bits per heavy atom. The monoisotopic (exact) mass is 285 g/mol. The molecule has 0 saturated carbocycles. The molecule has 100 valence electrons. The van der Waals surface area contributed by atoms with Crippen LogP contribution >= 0.6 is 11.6 Å². The summed E-state index contributed by atoms with van der Waals surface area (Å²) in [5, 5.41) is 9.92. The van der Waals surface area contributed by atoms with Crippen molar-refractivity contribution in [3.05, 3.63) is 53.4 Å². The molecule has 0 aliphatic rings. The molecule has 0 fully saturated rings. The van der Waals surface area contributed by atoms with Crippen molar-refractivity contribution in [3.63, 3.8) is 0 Å². The van der Waals surface area contributed by atoms with Crippen molar-refractivity contribution in [1.29, 1.82) is 0 Å². The van der Waals surface area contributed by atoms with E-state index in [0.29, 0.717) is 5.02 Å². The van der Waals surface area contributed by atoms with E-state index < -0.39 is 0 Å². The number of hydrogen-bond donors (Lipinski definition) is 1. The maximum Gasteiger partial charge on any atom is 0.0738 e. The lowest BCUT2D eigenvalue weighted by Crippen LogP contribution is -1.92. The molecule has 3 rings (SSSR count). The summed E-state index contributed by atoms with van der Waals surface area (Å²) in [6, 6.07) is 7.46. The van der Waals surface area contributed by atoms with E-state index in [1.807, 2.05) is 37.5 Å². The summed E-state index contributed by atoms with van der Waals surface area (Å²) in [4.78, 5) is 4.28. The normalized spacial score (nSPS) is 11.3. The van der Waals surface area contributed by atoms with Gasteiger partial charge in [0.25, 0.3) is 0 Å². The molecule has 0 radical (unpaired) electrons. The summed E-state index contributed by atoms with van der Waals surface area (Å²) in [5.74, 6) is 0. The van der Waals surface area contributed by atoms with Crippen molar-refractivity contribution < 1.29 is 0 Å². The molecule has 3 aromatic rings. The molecule has 2 aromatic heterocycles. The van der Waals surface area contributed by atoms with Crippen LogP contribution < -0.4 is 5.43 Å². The molecule has 5 nitrogen and oxygen atoms in total. The number of fused-ring (bicyclic) bond motifs is 1. The summed E-state index contributed by atoms with van der Waals surface area (Å²) in [6.07, 6.45) is 7.07. The zero-order valence-corrected chi connectivity index (χ0v) is 11.5. The summed E-state index contributed by atoms with van der Waals surface area (Å²) < 4.78 is 1.73. The predicted octanol–water partition coefficient (Wildman–Crippen LogP) is 3.07. The van der Waals surface area contributed by atoms with Crippen LogP contribution in [-0.4, -0.2) is 21.0 Å². The fourth-order valence-corrected chi connectivity index (χ4v) is 2.07. The van der Waals surface area contributed by atoms with Crippen LogP contribution in [0, 0.1) is 0 Å². The first-order valence-corrected chi connectivity index (χ1v) is 6.42. The van der Waals surface area contributed by atoms with Gasteiger partial charge in [0.1, 0.15) is 0 Å². The zero-order chi connectivity index (χ0) is 13.9.